The summed E-state index contributed by atoms with van der Waals surface area (Å²) in [6.45, 7) is 0.491. The van der Waals surface area contributed by atoms with Gasteiger partial charge in [-0.2, -0.15) is 0 Å². The highest BCUT2D eigenvalue weighted by molar-refractivity contribution is 7.92. The Hall–Kier alpha value is -2.68. The maximum atomic E-state index is 13.8. The lowest BCUT2D eigenvalue weighted by atomic mass is 10.3. The SMILES string of the molecule is COc1ccc(N2CCCC2=O)cc1S(=O)(=O)Nc1ccc(F)cc1F. The van der Waals surface area contributed by atoms with Gasteiger partial charge in [0, 0.05) is 24.7 Å². The van der Waals surface area contributed by atoms with E-state index in [4.69, 9.17) is 4.74 Å². The molecule has 138 valence electrons. The van der Waals surface area contributed by atoms with Gasteiger partial charge in [-0.1, -0.05) is 0 Å². The smallest absolute Gasteiger partial charge is 0.265 e. The molecule has 3 rings (SSSR count). The molecule has 26 heavy (non-hydrogen) atoms. The lowest BCUT2D eigenvalue weighted by molar-refractivity contribution is -0.117. The number of methoxy groups -OCH3 is 1. The van der Waals surface area contributed by atoms with E-state index in [9.17, 15) is 22.0 Å². The van der Waals surface area contributed by atoms with Gasteiger partial charge in [0.15, 0.2) is 0 Å². The molecular formula is C17H16F2N2O4S. The summed E-state index contributed by atoms with van der Waals surface area (Å²) in [6, 6.07) is 6.82. The van der Waals surface area contributed by atoms with Crippen LogP contribution in [-0.4, -0.2) is 28.0 Å². The Labute approximate surface area is 149 Å². The lowest BCUT2D eigenvalue weighted by Gasteiger charge is -2.18. The quantitative estimate of drug-likeness (QED) is 0.863. The van der Waals surface area contributed by atoms with E-state index in [-0.39, 0.29) is 16.6 Å². The van der Waals surface area contributed by atoms with Gasteiger partial charge in [-0.25, -0.2) is 17.2 Å². The van der Waals surface area contributed by atoms with Gasteiger partial charge in [0.05, 0.1) is 12.8 Å². The highest BCUT2D eigenvalue weighted by Crippen LogP contribution is 2.32. The van der Waals surface area contributed by atoms with Crippen molar-refractivity contribution in [1.29, 1.82) is 0 Å². The third-order valence-electron chi connectivity index (χ3n) is 4.00. The van der Waals surface area contributed by atoms with E-state index in [0.717, 1.165) is 12.1 Å². The highest BCUT2D eigenvalue weighted by Gasteiger charge is 2.26. The zero-order chi connectivity index (χ0) is 18.9. The summed E-state index contributed by atoms with van der Waals surface area (Å²) in [4.78, 5) is 13.1. The Morgan fingerprint density at radius 1 is 1.15 bits per heavy atom. The predicted molar refractivity (Wildman–Crippen MR) is 91.7 cm³/mol. The first kappa shape index (κ1) is 18.1. The molecule has 0 aliphatic carbocycles. The third-order valence-corrected chi connectivity index (χ3v) is 5.38. The molecule has 0 saturated carbocycles. The number of halogens is 2. The maximum absolute atomic E-state index is 13.8. The molecule has 1 saturated heterocycles. The van der Waals surface area contributed by atoms with Crippen molar-refractivity contribution in [2.75, 3.05) is 23.3 Å². The molecule has 0 spiro atoms. The van der Waals surface area contributed by atoms with Crippen molar-refractivity contribution in [1.82, 2.24) is 0 Å². The summed E-state index contributed by atoms with van der Waals surface area (Å²) in [5.74, 6) is -1.93. The summed E-state index contributed by atoms with van der Waals surface area (Å²) < 4.78 is 59.4. The van der Waals surface area contributed by atoms with Crippen LogP contribution in [0.2, 0.25) is 0 Å². The molecule has 1 heterocycles. The molecule has 1 amide bonds. The van der Waals surface area contributed by atoms with Crippen LogP contribution in [0.3, 0.4) is 0 Å². The first-order valence-corrected chi connectivity index (χ1v) is 9.26. The molecule has 0 unspecified atom stereocenters. The van der Waals surface area contributed by atoms with Gasteiger partial charge in [0.1, 0.15) is 22.3 Å². The van der Waals surface area contributed by atoms with Gasteiger partial charge in [0.25, 0.3) is 10.0 Å². The average molecular weight is 382 g/mol. The number of nitrogens with one attached hydrogen (secondary N) is 1. The first-order chi connectivity index (χ1) is 12.3. The maximum Gasteiger partial charge on any atom is 0.265 e. The Morgan fingerprint density at radius 2 is 1.92 bits per heavy atom. The second-order valence-corrected chi connectivity index (χ2v) is 7.36. The monoisotopic (exact) mass is 382 g/mol. The van der Waals surface area contributed by atoms with E-state index in [2.05, 4.69) is 4.72 Å². The fourth-order valence-electron chi connectivity index (χ4n) is 2.74. The van der Waals surface area contributed by atoms with Crippen LogP contribution in [0.25, 0.3) is 0 Å². The van der Waals surface area contributed by atoms with Crippen LogP contribution >= 0.6 is 0 Å². The molecule has 0 bridgehead atoms. The zero-order valence-electron chi connectivity index (χ0n) is 13.8. The molecule has 0 atom stereocenters. The van der Waals surface area contributed by atoms with Gasteiger partial charge < -0.3 is 9.64 Å². The van der Waals surface area contributed by atoms with E-state index in [1.807, 2.05) is 0 Å². The van der Waals surface area contributed by atoms with Crippen molar-refractivity contribution in [2.45, 2.75) is 17.7 Å². The number of nitrogens with zero attached hydrogens (tertiary/aromatic N) is 1. The molecule has 2 aromatic rings. The number of ether oxygens (including phenoxy) is 1. The number of anilines is 2. The normalized spacial score (nSPS) is 14.6. The second-order valence-electron chi connectivity index (χ2n) is 5.71. The van der Waals surface area contributed by atoms with Crippen LogP contribution in [0.1, 0.15) is 12.8 Å². The number of carbonyl (C=O) groups is 1. The van der Waals surface area contributed by atoms with Gasteiger partial charge in [-0.05, 0) is 36.8 Å². The second kappa shape index (κ2) is 6.91. The molecule has 1 aliphatic rings. The zero-order valence-corrected chi connectivity index (χ0v) is 14.6. The minimum absolute atomic E-state index is 0.0374. The van der Waals surface area contributed by atoms with Crippen molar-refractivity contribution in [3.05, 3.63) is 48.0 Å². The molecule has 1 aliphatic heterocycles. The minimum Gasteiger partial charge on any atom is -0.495 e. The topological polar surface area (TPSA) is 75.7 Å². The summed E-state index contributed by atoms with van der Waals surface area (Å²) in [5, 5.41) is 0. The van der Waals surface area contributed by atoms with Gasteiger partial charge in [-0.15, -0.1) is 0 Å². The summed E-state index contributed by atoms with van der Waals surface area (Å²) in [5.41, 5.74) is 0.0179. The van der Waals surface area contributed by atoms with Crippen molar-refractivity contribution >= 4 is 27.3 Å². The number of hydrogen-bond donors (Lipinski definition) is 1. The van der Waals surface area contributed by atoms with Crippen LogP contribution in [0.15, 0.2) is 41.3 Å². The molecular weight excluding hydrogens is 366 g/mol. The van der Waals surface area contributed by atoms with Crippen LogP contribution < -0.4 is 14.4 Å². The molecule has 1 fully saturated rings. The Bertz CT molecular complexity index is 963. The first-order valence-electron chi connectivity index (χ1n) is 7.78. The van der Waals surface area contributed by atoms with Crippen molar-refractivity contribution in [2.24, 2.45) is 0 Å². The van der Waals surface area contributed by atoms with E-state index in [1.165, 1.54) is 24.1 Å². The van der Waals surface area contributed by atoms with E-state index in [1.54, 1.807) is 6.07 Å². The van der Waals surface area contributed by atoms with Crippen molar-refractivity contribution < 1.29 is 26.7 Å². The van der Waals surface area contributed by atoms with Crippen LogP contribution in [-0.2, 0) is 14.8 Å². The van der Waals surface area contributed by atoms with E-state index < -0.39 is 27.3 Å². The lowest BCUT2D eigenvalue weighted by Crippen LogP contribution is -2.24. The molecule has 0 aromatic heterocycles. The third kappa shape index (κ3) is 3.48. The van der Waals surface area contributed by atoms with Crippen molar-refractivity contribution in [3.63, 3.8) is 0 Å². The van der Waals surface area contributed by atoms with Crippen LogP contribution in [0.4, 0.5) is 20.2 Å². The Kier molecular flexibility index (Phi) is 4.82. The van der Waals surface area contributed by atoms with Gasteiger partial charge >= 0.3 is 0 Å². The molecule has 9 heteroatoms. The largest absolute Gasteiger partial charge is 0.495 e. The summed E-state index contributed by atoms with van der Waals surface area (Å²) in [6.07, 6.45) is 1.08. The Balaban J connectivity index is 2.01. The number of benzene rings is 2. The molecule has 2 aromatic carbocycles. The number of carbonyl (C=O) groups excluding carboxylic acids is 1. The standard InChI is InChI=1S/C17H16F2N2O4S/c1-25-15-7-5-12(21-8-2-3-17(21)22)10-16(15)26(23,24)20-14-6-4-11(18)9-13(14)19/h4-7,9-10,20H,2-3,8H2,1H3. The van der Waals surface area contributed by atoms with E-state index >= 15 is 0 Å². The molecule has 6 nitrogen and oxygen atoms in total. The summed E-state index contributed by atoms with van der Waals surface area (Å²) in [7, 11) is -2.94. The average Bonchev–Trinajstić information content (AvgIpc) is 3.03. The molecule has 0 radical (unpaired) electrons. The Morgan fingerprint density at radius 3 is 2.54 bits per heavy atom. The fraction of sp³-hybridized carbons (Fsp3) is 0.235. The van der Waals surface area contributed by atoms with Gasteiger partial charge in [-0.3, -0.25) is 9.52 Å². The van der Waals surface area contributed by atoms with Gasteiger partial charge in [0.2, 0.25) is 5.91 Å². The summed E-state index contributed by atoms with van der Waals surface area (Å²) >= 11 is 0. The minimum atomic E-state index is -4.24. The highest BCUT2D eigenvalue weighted by atomic mass is 32.2. The number of amides is 1. The predicted octanol–water partition coefficient (Wildman–Crippen LogP) is 2.90. The fourth-order valence-corrected chi connectivity index (χ4v) is 3.99. The number of hydrogen-bond acceptors (Lipinski definition) is 4. The van der Waals surface area contributed by atoms with Crippen molar-refractivity contribution in [3.8, 4) is 5.75 Å². The number of sulfonamides is 1. The van der Waals surface area contributed by atoms with E-state index in [0.29, 0.717) is 31.1 Å². The number of rotatable bonds is 5. The van der Waals surface area contributed by atoms with Crippen LogP contribution in [0, 0.1) is 11.6 Å². The van der Waals surface area contributed by atoms with Crippen LogP contribution in [0.5, 0.6) is 5.75 Å². The molecule has 1 N–H and O–H groups in total.